The average molecular weight is 338 g/mol. The summed E-state index contributed by atoms with van der Waals surface area (Å²) in [6, 6.07) is 4.16. The van der Waals surface area contributed by atoms with Crippen molar-refractivity contribution < 1.29 is 9.53 Å². The molecule has 4 heteroatoms. The normalized spacial score (nSPS) is 21.3. The summed E-state index contributed by atoms with van der Waals surface area (Å²) in [7, 11) is 0. The zero-order chi connectivity index (χ0) is 17.0. The summed E-state index contributed by atoms with van der Waals surface area (Å²) in [6.45, 7) is 8.41. The van der Waals surface area contributed by atoms with Crippen molar-refractivity contribution in [2.75, 3.05) is 6.61 Å². The van der Waals surface area contributed by atoms with Crippen molar-refractivity contribution in [3.8, 4) is 5.75 Å². The molecule has 128 valence electrons. The van der Waals surface area contributed by atoms with Gasteiger partial charge in [0.15, 0.2) is 6.61 Å². The number of rotatable bonds is 5. The molecule has 0 aliphatic heterocycles. The molecule has 1 N–H and O–H groups in total. The van der Waals surface area contributed by atoms with Crippen LogP contribution in [0.1, 0.15) is 63.5 Å². The molecule has 1 aromatic carbocycles. The molecule has 0 spiro atoms. The number of ether oxygens (including phenoxy) is 1. The molecule has 0 heterocycles. The highest BCUT2D eigenvalue weighted by molar-refractivity contribution is 6.31. The molecule has 1 aliphatic carbocycles. The Morgan fingerprint density at radius 3 is 2.70 bits per heavy atom. The second-order valence-electron chi connectivity index (χ2n) is 7.02. The van der Waals surface area contributed by atoms with E-state index in [1.54, 1.807) is 0 Å². The Bertz CT molecular complexity index is 557. The van der Waals surface area contributed by atoms with Gasteiger partial charge in [-0.05, 0) is 54.9 Å². The zero-order valence-electron chi connectivity index (χ0n) is 14.6. The minimum absolute atomic E-state index is 0.0361. The van der Waals surface area contributed by atoms with Crippen LogP contribution < -0.4 is 10.1 Å². The topological polar surface area (TPSA) is 38.3 Å². The first-order valence-electron chi connectivity index (χ1n) is 8.60. The van der Waals surface area contributed by atoms with Gasteiger partial charge in [-0.3, -0.25) is 4.79 Å². The van der Waals surface area contributed by atoms with E-state index in [9.17, 15) is 4.79 Å². The van der Waals surface area contributed by atoms with Crippen LogP contribution in [0.2, 0.25) is 5.02 Å². The summed E-state index contributed by atoms with van der Waals surface area (Å²) in [6.07, 6.45) is 4.74. The molecule has 0 saturated heterocycles. The van der Waals surface area contributed by atoms with E-state index < -0.39 is 0 Å². The molecular weight excluding hydrogens is 310 g/mol. The predicted octanol–water partition coefficient (Wildman–Crippen LogP) is 4.85. The molecule has 0 radical (unpaired) electrons. The van der Waals surface area contributed by atoms with Gasteiger partial charge >= 0.3 is 0 Å². The number of nitrogens with one attached hydrogen (secondary N) is 1. The van der Waals surface area contributed by atoms with Crippen LogP contribution in [0.25, 0.3) is 0 Å². The Hall–Kier alpha value is -1.22. The first-order valence-corrected chi connectivity index (χ1v) is 8.98. The van der Waals surface area contributed by atoms with Gasteiger partial charge in [0.2, 0.25) is 0 Å². The van der Waals surface area contributed by atoms with E-state index >= 15 is 0 Å². The largest absolute Gasteiger partial charge is 0.483 e. The van der Waals surface area contributed by atoms with Crippen molar-refractivity contribution in [1.29, 1.82) is 0 Å². The summed E-state index contributed by atoms with van der Waals surface area (Å²) in [5.74, 6) is 1.57. The Labute approximate surface area is 144 Å². The lowest BCUT2D eigenvalue weighted by molar-refractivity contribution is -0.124. The van der Waals surface area contributed by atoms with E-state index in [-0.39, 0.29) is 18.6 Å². The Kier molecular flexibility index (Phi) is 6.34. The summed E-state index contributed by atoms with van der Waals surface area (Å²) in [5.41, 5.74) is 2.01. The number of carbonyl (C=O) groups excluding carboxylic acids is 1. The van der Waals surface area contributed by atoms with Crippen LogP contribution in [0.15, 0.2) is 12.1 Å². The van der Waals surface area contributed by atoms with E-state index in [1.165, 1.54) is 19.3 Å². The smallest absolute Gasteiger partial charge is 0.258 e. The fraction of sp³-hybridized carbons (Fsp3) is 0.632. The third-order valence-corrected chi connectivity index (χ3v) is 5.14. The number of carbonyl (C=O) groups is 1. The third-order valence-electron chi connectivity index (χ3n) is 4.73. The average Bonchev–Trinajstić information content (AvgIpc) is 2.50. The lowest BCUT2D eigenvalue weighted by Crippen LogP contribution is -2.43. The van der Waals surface area contributed by atoms with Crippen LogP contribution in [0.5, 0.6) is 5.75 Å². The van der Waals surface area contributed by atoms with Crippen molar-refractivity contribution in [3.63, 3.8) is 0 Å². The predicted molar refractivity (Wildman–Crippen MR) is 95.3 cm³/mol. The van der Waals surface area contributed by atoms with Gasteiger partial charge in [0.05, 0.1) is 0 Å². The molecule has 1 aliphatic rings. The number of hydrogen-bond acceptors (Lipinski definition) is 2. The highest BCUT2D eigenvalue weighted by Crippen LogP contribution is 2.32. The molecule has 1 fully saturated rings. The number of amides is 1. The van der Waals surface area contributed by atoms with Gasteiger partial charge in [-0.15, -0.1) is 0 Å². The van der Waals surface area contributed by atoms with E-state index in [0.717, 1.165) is 28.3 Å². The molecule has 2 rings (SSSR count). The molecule has 2 atom stereocenters. The van der Waals surface area contributed by atoms with Crippen molar-refractivity contribution in [1.82, 2.24) is 5.32 Å². The third kappa shape index (κ3) is 4.87. The summed E-state index contributed by atoms with van der Waals surface area (Å²) < 4.78 is 5.80. The molecule has 1 saturated carbocycles. The maximum atomic E-state index is 12.2. The van der Waals surface area contributed by atoms with Crippen molar-refractivity contribution in [2.24, 2.45) is 5.92 Å². The highest BCUT2D eigenvalue weighted by Gasteiger charge is 2.23. The van der Waals surface area contributed by atoms with Crippen LogP contribution in [0, 0.1) is 12.8 Å². The maximum absolute atomic E-state index is 12.2. The van der Waals surface area contributed by atoms with Gasteiger partial charge in [0.25, 0.3) is 5.91 Å². The molecule has 0 unspecified atom stereocenters. The van der Waals surface area contributed by atoms with E-state index in [1.807, 2.05) is 19.1 Å². The molecule has 1 aromatic rings. The van der Waals surface area contributed by atoms with Crippen molar-refractivity contribution in [2.45, 2.75) is 65.3 Å². The van der Waals surface area contributed by atoms with Gasteiger partial charge in [-0.1, -0.05) is 45.2 Å². The Morgan fingerprint density at radius 2 is 2.04 bits per heavy atom. The SMILES string of the molecule is Cc1cc(OCC(=O)N[C@H]2CCCC[C@H]2C)c(C(C)C)cc1Cl. The monoisotopic (exact) mass is 337 g/mol. The van der Waals surface area contributed by atoms with Gasteiger partial charge in [-0.25, -0.2) is 0 Å². The second kappa shape index (κ2) is 8.05. The quantitative estimate of drug-likeness (QED) is 0.834. The molecular formula is C19H28ClNO2. The Morgan fingerprint density at radius 1 is 1.35 bits per heavy atom. The lowest BCUT2D eigenvalue weighted by atomic mass is 9.86. The molecule has 0 bridgehead atoms. The minimum Gasteiger partial charge on any atom is -0.483 e. The first kappa shape index (κ1) is 18.1. The number of hydrogen-bond donors (Lipinski definition) is 1. The minimum atomic E-state index is -0.0361. The van der Waals surface area contributed by atoms with Crippen molar-refractivity contribution in [3.05, 3.63) is 28.3 Å². The van der Waals surface area contributed by atoms with E-state index in [2.05, 4.69) is 26.1 Å². The Balaban J connectivity index is 1.97. The molecule has 23 heavy (non-hydrogen) atoms. The van der Waals surface area contributed by atoms with Gasteiger partial charge in [-0.2, -0.15) is 0 Å². The van der Waals surface area contributed by atoms with Gasteiger partial charge in [0, 0.05) is 11.1 Å². The lowest BCUT2D eigenvalue weighted by Gasteiger charge is -2.29. The number of benzene rings is 1. The van der Waals surface area contributed by atoms with Crippen molar-refractivity contribution >= 4 is 17.5 Å². The number of halogens is 1. The first-order chi connectivity index (χ1) is 10.9. The van der Waals surface area contributed by atoms with Crippen LogP contribution >= 0.6 is 11.6 Å². The number of aryl methyl sites for hydroxylation is 1. The summed E-state index contributed by atoms with van der Waals surface area (Å²) in [4.78, 5) is 12.2. The van der Waals surface area contributed by atoms with Crippen LogP contribution in [0.4, 0.5) is 0 Å². The highest BCUT2D eigenvalue weighted by atomic mass is 35.5. The van der Waals surface area contributed by atoms with E-state index in [0.29, 0.717) is 11.8 Å². The fourth-order valence-corrected chi connectivity index (χ4v) is 3.34. The molecule has 0 aromatic heterocycles. The molecule has 1 amide bonds. The zero-order valence-corrected chi connectivity index (χ0v) is 15.4. The second-order valence-corrected chi connectivity index (χ2v) is 7.43. The van der Waals surface area contributed by atoms with Crippen LogP contribution in [-0.2, 0) is 4.79 Å². The fourth-order valence-electron chi connectivity index (χ4n) is 3.17. The van der Waals surface area contributed by atoms with Gasteiger partial charge < -0.3 is 10.1 Å². The van der Waals surface area contributed by atoms with Crippen LogP contribution in [0.3, 0.4) is 0 Å². The van der Waals surface area contributed by atoms with Crippen LogP contribution in [-0.4, -0.2) is 18.6 Å². The van der Waals surface area contributed by atoms with E-state index in [4.69, 9.17) is 16.3 Å². The standard InChI is InChI=1S/C19H28ClNO2/c1-12(2)15-10-16(20)14(4)9-18(15)23-11-19(22)21-17-8-6-5-7-13(17)3/h9-10,12-13,17H,5-8,11H2,1-4H3,(H,21,22)/t13-,17+/m1/s1. The molecule has 3 nitrogen and oxygen atoms in total. The summed E-state index contributed by atoms with van der Waals surface area (Å²) in [5, 5.41) is 3.86. The van der Waals surface area contributed by atoms with Gasteiger partial charge in [0.1, 0.15) is 5.75 Å². The maximum Gasteiger partial charge on any atom is 0.258 e. The summed E-state index contributed by atoms with van der Waals surface area (Å²) >= 11 is 6.20.